The van der Waals surface area contributed by atoms with Gasteiger partial charge in [-0.3, -0.25) is 9.48 Å². The SMILES string of the molecule is Cl.O=C(CCc1cc2n(n1)CCCNC2)N1CCC(c2ccccc2Cl)C1. The first-order valence-corrected chi connectivity index (χ1v) is 9.87. The second kappa shape index (κ2) is 9.09. The fraction of sp³-hybridized carbons (Fsp3) is 0.500. The fourth-order valence-electron chi connectivity index (χ4n) is 3.98. The Kier molecular flexibility index (Phi) is 6.79. The number of fused-ring (bicyclic) bond motifs is 1. The number of hydrogen-bond acceptors (Lipinski definition) is 3. The molecule has 2 aliphatic heterocycles. The van der Waals surface area contributed by atoms with Crippen molar-refractivity contribution in [3.63, 3.8) is 0 Å². The highest BCUT2D eigenvalue weighted by Crippen LogP contribution is 2.32. The lowest BCUT2D eigenvalue weighted by molar-refractivity contribution is -0.130. The van der Waals surface area contributed by atoms with Gasteiger partial charge in [0.05, 0.1) is 11.4 Å². The van der Waals surface area contributed by atoms with Gasteiger partial charge < -0.3 is 10.2 Å². The molecule has 1 aromatic carbocycles. The van der Waals surface area contributed by atoms with E-state index in [0.29, 0.717) is 18.8 Å². The molecule has 1 amide bonds. The molecule has 2 aliphatic rings. The summed E-state index contributed by atoms with van der Waals surface area (Å²) >= 11 is 6.31. The molecule has 0 saturated carbocycles. The molecule has 5 nitrogen and oxygen atoms in total. The Balaban J connectivity index is 0.00000210. The highest BCUT2D eigenvalue weighted by Gasteiger charge is 2.28. The molecule has 27 heavy (non-hydrogen) atoms. The average molecular weight is 409 g/mol. The molecule has 0 spiro atoms. The summed E-state index contributed by atoms with van der Waals surface area (Å²) in [5, 5.41) is 8.88. The summed E-state index contributed by atoms with van der Waals surface area (Å²) in [6, 6.07) is 10.1. The molecule has 1 N–H and O–H groups in total. The molecule has 1 aromatic heterocycles. The molecule has 146 valence electrons. The number of carbonyl (C=O) groups excluding carboxylic acids is 1. The van der Waals surface area contributed by atoms with E-state index in [1.165, 1.54) is 5.69 Å². The summed E-state index contributed by atoms with van der Waals surface area (Å²) in [6.07, 6.45) is 3.33. The molecule has 1 fully saturated rings. The quantitative estimate of drug-likeness (QED) is 0.842. The van der Waals surface area contributed by atoms with Gasteiger partial charge in [0.1, 0.15) is 0 Å². The molecule has 4 rings (SSSR count). The van der Waals surface area contributed by atoms with Gasteiger partial charge in [-0.25, -0.2) is 0 Å². The Morgan fingerprint density at radius 2 is 2.15 bits per heavy atom. The third-order valence-corrected chi connectivity index (χ3v) is 5.77. The largest absolute Gasteiger partial charge is 0.342 e. The number of likely N-dealkylation sites (tertiary alicyclic amines) is 1. The van der Waals surface area contributed by atoms with Crippen LogP contribution in [-0.4, -0.2) is 40.2 Å². The van der Waals surface area contributed by atoms with Crippen LogP contribution in [0.15, 0.2) is 30.3 Å². The van der Waals surface area contributed by atoms with Crippen molar-refractivity contribution < 1.29 is 4.79 Å². The van der Waals surface area contributed by atoms with E-state index in [2.05, 4.69) is 27.2 Å². The number of hydrogen-bond donors (Lipinski definition) is 1. The summed E-state index contributed by atoms with van der Waals surface area (Å²) in [5.74, 6) is 0.572. The van der Waals surface area contributed by atoms with Gasteiger partial charge in [-0.05, 0) is 37.1 Å². The van der Waals surface area contributed by atoms with Crippen molar-refractivity contribution in [1.29, 1.82) is 0 Å². The first kappa shape index (κ1) is 20.2. The lowest BCUT2D eigenvalue weighted by Crippen LogP contribution is -2.28. The topological polar surface area (TPSA) is 50.2 Å². The minimum atomic E-state index is 0. The van der Waals surface area contributed by atoms with Gasteiger partial charge in [0.2, 0.25) is 5.91 Å². The van der Waals surface area contributed by atoms with E-state index in [-0.39, 0.29) is 18.3 Å². The molecule has 0 radical (unpaired) electrons. The number of rotatable bonds is 4. The molecule has 0 aliphatic carbocycles. The van der Waals surface area contributed by atoms with Crippen LogP contribution in [0.25, 0.3) is 0 Å². The smallest absolute Gasteiger partial charge is 0.222 e. The highest BCUT2D eigenvalue weighted by atomic mass is 35.5. The molecule has 3 heterocycles. The molecule has 0 bridgehead atoms. The first-order valence-electron chi connectivity index (χ1n) is 9.49. The van der Waals surface area contributed by atoms with Crippen LogP contribution in [0.3, 0.4) is 0 Å². The standard InChI is InChI=1S/C20H25ClN4O.ClH/c21-19-5-2-1-4-18(19)15-8-11-24(14-15)20(26)7-6-16-12-17-13-22-9-3-10-25(17)23-16;/h1-2,4-5,12,15,22H,3,6-11,13-14H2;1H. The van der Waals surface area contributed by atoms with Gasteiger partial charge in [0.25, 0.3) is 0 Å². The van der Waals surface area contributed by atoms with E-state index >= 15 is 0 Å². The number of carbonyl (C=O) groups is 1. The predicted molar refractivity (Wildman–Crippen MR) is 110 cm³/mol. The van der Waals surface area contributed by atoms with Gasteiger partial charge in [-0.2, -0.15) is 5.10 Å². The number of nitrogens with one attached hydrogen (secondary N) is 1. The van der Waals surface area contributed by atoms with Crippen LogP contribution in [0.2, 0.25) is 5.02 Å². The lowest BCUT2D eigenvalue weighted by Gasteiger charge is -2.17. The Bertz CT molecular complexity index is 769. The monoisotopic (exact) mass is 408 g/mol. The van der Waals surface area contributed by atoms with Crippen molar-refractivity contribution >= 4 is 29.9 Å². The number of halogens is 2. The van der Waals surface area contributed by atoms with Crippen LogP contribution in [0, 0.1) is 0 Å². The maximum absolute atomic E-state index is 12.6. The van der Waals surface area contributed by atoms with Crippen LogP contribution in [-0.2, 0) is 24.3 Å². The zero-order valence-corrected chi connectivity index (χ0v) is 16.9. The van der Waals surface area contributed by atoms with Crippen molar-refractivity contribution in [1.82, 2.24) is 20.0 Å². The Hall–Kier alpha value is -1.56. The number of amides is 1. The predicted octanol–water partition coefficient (Wildman–Crippen LogP) is 3.40. The summed E-state index contributed by atoms with van der Waals surface area (Å²) in [5.41, 5.74) is 3.42. The van der Waals surface area contributed by atoms with Crippen molar-refractivity contribution in [2.24, 2.45) is 0 Å². The summed E-state index contributed by atoms with van der Waals surface area (Å²) in [7, 11) is 0. The molecule has 1 saturated heterocycles. The van der Waals surface area contributed by atoms with Gasteiger partial charge >= 0.3 is 0 Å². The molecular weight excluding hydrogens is 383 g/mol. The molecule has 1 atom stereocenters. The van der Waals surface area contributed by atoms with E-state index in [4.69, 9.17) is 11.6 Å². The van der Waals surface area contributed by atoms with Gasteiger partial charge in [0.15, 0.2) is 0 Å². The van der Waals surface area contributed by atoms with Crippen LogP contribution < -0.4 is 5.32 Å². The number of benzene rings is 1. The maximum atomic E-state index is 12.6. The second-order valence-corrected chi connectivity index (χ2v) is 7.63. The zero-order chi connectivity index (χ0) is 17.9. The molecule has 2 aromatic rings. The Morgan fingerprint density at radius 1 is 1.30 bits per heavy atom. The molecule has 1 unspecified atom stereocenters. The van der Waals surface area contributed by atoms with Crippen molar-refractivity contribution in [2.45, 2.75) is 44.7 Å². The van der Waals surface area contributed by atoms with Crippen molar-refractivity contribution in [3.05, 3.63) is 52.3 Å². The number of nitrogens with zero attached hydrogens (tertiary/aromatic N) is 3. The molecule has 7 heteroatoms. The van der Waals surface area contributed by atoms with Gasteiger partial charge in [-0.1, -0.05) is 29.8 Å². The van der Waals surface area contributed by atoms with Crippen LogP contribution in [0.5, 0.6) is 0 Å². The second-order valence-electron chi connectivity index (χ2n) is 7.23. The fourth-order valence-corrected chi connectivity index (χ4v) is 4.27. The Labute approximate surface area is 171 Å². The maximum Gasteiger partial charge on any atom is 0.222 e. The van der Waals surface area contributed by atoms with E-state index in [0.717, 1.165) is 61.8 Å². The van der Waals surface area contributed by atoms with Gasteiger partial charge in [0, 0.05) is 50.0 Å². The van der Waals surface area contributed by atoms with E-state index < -0.39 is 0 Å². The minimum Gasteiger partial charge on any atom is -0.342 e. The van der Waals surface area contributed by atoms with E-state index in [9.17, 15) is 4.79 Å². The lowest BCUT2D eigenvalue weighted by atomic mass is 9.98. The normalized spacial score (nSPS) is 19.3. The zero-order valence-electron chi connectivity index (χ0n) is 15.4. The number of aryl methyl sites for hydroxylation is 2. The van der Waals surface area contributed by atoms with Crippen LogP contribution in [0.1, 0.15) is 42.1 Å². The molecular formula is C20H26Cl2N4O. The average Bonchev–Trinajstić information content (AvgIpc) is 3.23. The third kappa shape index (κ3) is 4.65. The van der Waals surface area contributed by atoms with Crippen molar-refractivity contribution in [3.8, 4) is 0 Å². The highest BCUT2D eigenvalue weighted by molar-refractivity contribution is 6.31. The first-order chi connectivity index (χ1) is 12.7. The third-order valence-electron chi connectivity index (χ3n) is 5.42. The van der Waals surface area contributed by atoms with Gasteiger partial charge in [-0.15, -0.1) is 12.4 Å². The summed E-state index contributed by atoms with van der Waals surface area (Å²) < 4.78 is 2.09. The summed E-state index contributed by atoms with van der Waals surface area (Å²) in [6.45, 7) is 4.46. The van der Waals surface area contributed by atoms with Crippen LogP contribution >= 0.6 is 24.0 Å². The van der Waals surface area contributed by atoms with E-state index in [1.807, 2.05) is 23.1 Å². The van der Waals surface area contributed by atoms with Crippen LogP contribution in [0.4, 0.5) is 0 Å². The number of aromatic nitrogens is 2. The Morgan fingerprint density at radius 3 is 3.00 bits per heavy atom. The minimum absolute atomic E-state index is 0. The van der Waals surface area contributed by atoms with Crippen molar-refractivity contribution in [2.75, 3.05) is 19.6 Å². The van der Waals surface area contributed by atoms with E-state index in [1.54, 1.807) is 0 Å². The summed E-state index contributed by atoms with van der Waals surface area (Å²) in [4.78, 5) is 14.6.